The van der Waals surface area contributed by atoms with E-state index in [9.17, 15) is 4.79 Å². The van der Waals surface area contributed by atoms with E-state index in [2.05, 4.69) is 15.6 Å². The van der Waals surface area contributed by atoms with Crippen molar-refractivity contribution in [2.75, 3.05) is 0 Å². The fourth-order valence-electron chi connectivity index (χ4n) is 3.08. The monoisotopic (exact) mass is 293 g/mol. The van der Waals surface area contributed by atoms with Crippen molar-refractivity contribution in [3.63, 3.8) is 0 Å². The summed E-state index contributed by atoms with van der Waals surface area (Å²) >= 11 is 0. The standard InChI is InChI=1S/C14H23N5O2/c1-9-11(10(2)19(3)17-9)12(20)16-14(13(15)18-21)7-5-4-6-8-14/h21H,4-8H2,1-3H3,(H2,15,18)(H,16,20). The van der Waals surface area contributed by atoms with Gasteiger partial charge in [0, 0.05) is 12.7 Å². The molecule has 1 heterocycles. The van der Waals surface area contributed by atoms with Gasteiger partial charge >= 0.3 is 0 Å². The zero-order valence-corrected chi connectivity index (χ0v) is 12.8. The Bertz CT molecular complexity index is 570. The van der Waals surface area contributed by atoms with E-state index >= 15 is 0 Å². The molecule has 2 rings (SSSR count). The summed E-state index contributed by atoms with van der Waals surface area (Å²) in [7, 11) is 1.80. The zero-order chi connectivity index (χ0) is 15.6. The fourth-order valence-corrected chi connectivity index (χ4v) is 3.08. The van der Waals surface area contributed by atoms with Crippen molar-refractivity contribution in [1.82, 2.24) is 15.1 Å². The SMILES string of the molecule is Cc1nn(C)c(C)c1C(=O)NC1(/C(N)=N/O)CCCCC1. The van der Waals surface area contributed by atoms with Crippen LogP contribution >= 0.6 is 0 Å². The second-order valence-electron chi connectivity index (χ2n) is 5.75. The molecule has 0 unspecified atom stereocenters. The van der Waals surface area contributed by atoms with Gasteiger partial charge in [0.25, 0.3) is 5.91 Å². The number of rotatable bonds is 3. The third-order valence-corrected chi connectivity index (χ3v) is 4.39. The molecule has 1 aliphatic rings. The van der Waals surface area contributed by atoms with E-state index in [1.807, 2.05) is 6.92 Å². The molecule has 4 N–H and O–H groups in total. The van der Waals surface area contributed by atoms with Crippen LogP contribution in [0.3, 0.4) is 0 Å². The zero-order valence-electron chi connectivity index (χ0n) is 12.8. The third kappa shape index (κ3) is 2.72. The molecule has 0 radical (unpaired) electrons. The molecule has 0 spiro atoms. The maximum Gasteiger partial charge on any atom is 0.255 e. The van der Waals surface area contributed by atoms with Crippen molar-refractivity contribution in [2.24, 2.45) is 17.9 Å². The molecule has 1 fully saturated rings. The first-order valence-electron chi connectivity index (χ1n) is 7.22. The van der Waals surface area contributed by atoms with Gasteiger partial charge in [0.05, 0.1) is 11.3 Å². The number of carbonyl (C=O) groups is 1. The van der Waals surface area contributed by atoms with Crippen molar-refractivity contribution in [3.8, 4) is 0 Å². The molecule has 0 aromatic carbocycles. The van der Waals surface area contributed by atoms with Crippen LogP contribution in [0.1, 0.15) is 53.8 Å². The van der Waals surface area contributed by atoms with Crippen molar-refractivity contribution >= 4 is 11.7 Å². The Morgan fingerprint density at radius 1 is 1.38 bits per heavy atom. The highest BCUT2D eigenvalue weighted by Gasteiger charge is 2.39. The molecule has 1 saturated carbocycles. The van der Waals surface area contributed by atoms with Gasteiger partial charge in [0.2, 0.25) is 0 Å². The lowest BCUT2D eigenvalue weighted by atomic mass is 9.80. The van der Waals surface area contributed by atoms with E-state index in [-0.39, 0.29) is 11.7 Å². The van der Waals surface area contributed by atoms with Crippen LogP contribution in [0.4, 0.5) is 0 Å². The summed E-state index contributed by atoms with van der Waals surface area (Å²) in [5.41, 5.74) is 7.15. The van der Waals surface area contributed by atoms with Crippen LogP contribution in [-0.4, -0.2) is 32.3 Å². The van der Waals surface area contributed by atoms with Gasteiger partial charge in [-0.2, -0.15) is 5.10 Å². The predicted octanol–water partition coefficient (Wildman–Crippen LogP) is 1.22. The summed E-state index contributed by atoms with van der Waals surface area (Å²) in [5.74, 6) is -0.138. The molecular formula is C14H23N5O2. The number of aryl methyl sites for hydroxylation is 2. The summed E-state index contributed by atoms with van der Waals surface area (Å²) in [6.45, 7) is 3.66. The van der Waals surface area contributed by atoms with Gasteiger partial charge in [-0.1, -0.05) is 24.4 Å². The molecule has 0 bridgehead atoms. The van der Waals surface area contributed by atoms with Gasteiger partial charge < -0.3 is 16.3 Å². The number of carbonyl (C=O) groups excluding carboxylic acids is 1. The predicted molar refractivity (Wildman–Crippen MR) is 79.4 cm³/mol. The fraction of sp³-hybridized carbons (Fsp3) is 0.643. The first-order valence-corrected chi connectivity index (χ1v) is 7.22. The van der Waals surface area contributed by atoms with Crippen LogP contribution < -0.4 is 11.1 Å². The van der Waals surface area contributed by atoms with E-state index < -0.39 is 5.54 Å². The number of amidine groups is 1. The second-order valence-corrected chi connectivity index (χ2v) is 5.75. The quantitative estimate of drug-likeness (QED) is 0.337. The first-order chi connectivity index (χ1) is 9.91. The van der Waals surface area contributed by atoms with E-state index in [1.165, 1.54) is 0 Å². The topological polar surface area (TPSA) is 106 Å². The highest BCUT2D eigenvalue weighted by Crippen LogP contribution is 2.29. The van der Waals surface area contributed by atoms with Gasteiger partial charge in [-0.05, 0) is 26.7 Å². The number of hydrogen-bond acceptors (Lipinski definition) is 4. The van der Waals surface area contributed by atoms with E-state index in [1.54, 1.807) is 18.7 Å². The van der Waals surface area contributed by atoms with Crippen LogP contribution in [0, 0.1) is 13.8 Å². The molecule has 7 nitrogen and oxygen atoms in total. The normalized spacial score (nSPS) is 18.5. The minimum Gasteiger partial charge on any atom is -0.409 e. The summed E-state index contributed by atoms with van der Waals surface area (Å²) in [6.07, 6.45) is 4.37. The van der Waals surface area contributed by atoms with Crippen molar-refractivity contribution in [3.05, 3.63) is 17.0 Å². The Hall–Kier alpha value is -2.05. The number of nitrogens with zero attached hydrogens (tertiary/aromatic N) is 3. The largest absolute Gasteiger partial charge is 0.409 e. The summed E-state index contributed by atoms with van der Waals surface area (Å²) in [5, 5.41) is 19.4. The lowest BCUT2D eigenvalue weighted by Gasteiger charge is -2.36. The Morgan fingerprint density at radius 3 is 2.48 bits per heavy atom. The van der Waals surface area contributed by atoms with E-state index in [0.29, 0.717) is 24.1 Å². The smallest absolute Gasteiger partial charge is 0.255 e. The van der Waals surface area contributed by atoms with Crippen LogP contribution in [0.15, 0.2) is 5.16 Å². The lowest BCUT2D eigenvalue weighted by Crippen LogP contribution is -2.58. The minimum atomic E-state index is -0.751. The Labute approximate surface area is 124 Å². The van der Waals surface area contributed by atoms with Crippen LogP contribution in [0.5, 0.6) is 0 Å². The maximum atomic E-state index is 12.6. The van der Waals surface area contributed by atoms with Gasteiger partial charge in [-0.25, -0.2) is 0 Å². The van der Waals surface area contributed by atoms with Gasteiger partial charge in [0.15, 0.2) is 5.84 Å². The van der Waals surface area contributed by atoms with E-state index in [0.717, 1.165) is 25.0 Å². The van der Waals surface area contributed by atoms with Gasteiger partial charge in [-0.3, -0.25) is 9.48 Å². The van der Waals surface area contributed by atoms with Crippen molar-refractivity contribution < 1.29 is 10.0 Å². The second kappa shape index (κ2) is 5.75. The number of nitrogens with one attached hydrogen (secondary N) is 1. The lowest BCUT2D eigenvalue weighted by molar-refractivity contribution is 0.0904. The molecule has 1 aromatic heterocycles. The summed E-state index contributed by atoms with van der Waals surface area (Å²) in [4.78, 5) is 12.6. The van der Waals surface area contributed by atoms with Gasteiger partial charge in [0.1, 0.15) is 5.54 Å². The number of nitrogens with two attached hydrogens (primary N) is 1. The Kier molecular flexibility index (Phi) is 4.20. The van der Waals surface area contributed by atoms with Crippen LogP contribution in [-0.2, 0) is 7.05 Å². The summed E-state index contributed by atoms with van der Waals surface area (Å²) in [6, 6.07) is 0. The molecule has 21 heavy (non-hydrogen) atoms. The maximum absolute atomic E-state index is 12.6. The highest BCUT2D eigenvalue weighted by molar-refractivity contribution is 6.01. The van der Waals surface area contributed by atoms with E-state index in [4.69, 9.17) is 10.9 Å². The van der Waals surface area contributed by atoms with Gasteiger partial charge in [-0.15, -0.1) is 0 Å². The molecule has 0 saturated heterocycles. The minimum absolute atomic E-state index is 0.0785. The number of oxime groups is 1. The molecule has 116 valence electrons. The van der Waals surface area contributed by atoms with Crippen LogP contribution in [0.25, 0.3) is 0 Å². The molecule has 1 aromatic rings. The highest BCUT2D eigenvalue weighted by atomic mass is 16.4. The summed E-state index contributed by atoms with van der Waals surface area (Å²) < 4.78 is 1.68. The molecule has 0 atom stereocenters. The molecule has 0 aliphatic heterocycles. The number of hydrogen-bond donors (Lipinski definition) is 3. The molecule has 1 amide bonds. The Morgan fingerprint density at radius 2 is 2.00 bits per heavy atom. The molecular weight excluding hydrogens is 270 g/mol. The van der Waals surface area contributed by atoms with Crippen LogP contribution in [0.2, 0.25) is 0 Å². The average Bonchev–Trinajstić information content (AvgIpc) is 2.72. The Balaban J connectivity index is 2.30. The average molecular weight is 293 g/mol. The first kappa shape index (κ1) is 15.3. The molecule has 1 aliphatic carbocycles. The van der Waals surface area contributed by atoms with Crippen molar-refractivity contribution in [2.45, 2.75) is 51.5 Å². The molecule has 7 heteroatoms. The number of amides is 1. The number of aromatic nitrogens is 2. The third-order valence-electron chi connectivity index (χ3n) is 4.39. The van der Waals surface area contributed by atoms with Crippen molar-refractivity contribution in [1.29, 1.82) is 0 Å².